The van der Waals surface area contributed by atoms with Crippen molar-refractivity contribution in [1.29, 1.82) is 0 Å². The maximum Gasteiger partial charge on any atom is 0.320 e. The molecule has 0 radical (unpaired) electrons. The lowest BCUT2D eigenvalue weighted by molar-refractivity contribution is -0.139. The average molecular weight is 243 g/mol. The van der Waals surface area contributed by atoms with E-state index in [1.54, 1.807) is 0 Å². The lowest BCUT2D eigenvalue weighted by atomic mass is 9.89. The Morgan fingerprint density at radius 3 is 2.29 bits per heavy atom. The van der Waals surface area contributed by atoms with E-state index in [4.69, 9.17) is 5.11 Å². The Bertz CT molecular complexity index is 221. The molecule has 0 aliphatic rings. The van der Waals surface area contributed by atoms with E-state index in [-0.39, 0.29) is 12.1 Å². The molecule has 0 saturated heterocycles. The Labute approximate surface area is 106 Å². The van der Waals surface area contributed by atoms with Gasteiger partial charge in [-0.3, -0.25) is 4.79 Å². The van der Waals surface area contributed by atoms with Crippen LogP contribution < -0.4 is 5.32 Å². The topological polar surface area (TPSA) is 49.3 Å². The van der Waals surface area contributed by atoms with E-state index in [1.807, 2.05) is 0 Å². The van der Waals surface area contributed by atoms with Gasteiger partial charge in [-0.1, -0.05) is 40.5 Å². The fraction of sp³-hybridized carbons (Fsp3) is 0.929. The van der Waals surface area contributed by atoms with E-state index in [9.17, 15) is 4.79 Å². The molecule has 0 amide bonds. The minimum Gasteiger partial charge on any atom is -0.480 e. The minimum absolute atomic E-state index is 0.271. The Hall–Kier alpha value is -0.570. The summed E-state index contributed by atoms with van der Waals surface area (Å²) >= 11 is 0. The van der Waals surface area contributed by atoms with E-state index in [0.29, 0.717) is 5.41 Å². The van der Waals surface area contributed by atoms with Crippen LogP contribution in [0.5, 0.6) is 0 Å². The monoisotopic (exact) mass is 243 g/mol. The number of carboxylic acids is 1. The van der Waals surface area contributed by atoms with E-state index in [2.05, 4.69) is 39.9 Å². The number of hydrogen-bond donors (Lipinski definition) is 2. The molecule has 0 rings (SSSR count). The summed E-state index contributed by atoms with van der Waals surface area (Å²) in [7, 11) is 0. The van der Waals surface area contributed by atoms with Crippen LogP contribution in [-0.4, -0.2) is 23.2 Å². The quantitative estimate of drug-likeness (QED) is 0.686. The van der Waals surface area contributed by atoms with Gasteiger partial charge < -0.3 is 10.4 Å². The first-order chi connectivity index (χ1) is 7.76. The number of carboxylic acid groups (broad SMARTS) is 1. The summed E-state index contributed by atoms with van der Waals surface area (Å²) in [4.78, 5) is 11.1. The molecule has 0 aromatic heterocycles. The van der Waals surface area contributed by atoms with E-state index >= 15 is 0 Å². The maximum absolute atomic E-state index is 11.1. The molecule has 102 valence electrons. The first kappa shape index (κ1) is 16.4. The van der Waals surface area contributed by atoms with Gasteiger partial charge in [0.15, 0.2) is 0 Å². The van der Waals surface area contributed by atoms with Crippen LogP contribution in [0.15, 0.2) is 0 Å². The fourth-order valence-corrected chi connectivity index (χ4v) is 1.76. The van der Waals surface area contributed by atoms with Gasteiger partial charge in [-0.2, -0.15) is 0 Å². The van der Waals surface area contributed by atoms with Gasteiger partial charge in [0.25, 0.3) is 0 Å². The molecule has 0 bridgehead atoms. The van der Waals surface area contributed by atoms with Crippen LogP contribution in [0.3, 0.4) is 0 Å². The van der Waals surface area contributed by atoms with Gasteiger partial charge in [0, 0.05) is 6.04 Å². The zero-order chi connectivity index (χ0) is 13.5. The van der Waals surface area contributed by atoms with Crippen LogP contribution in [0.1, 0.15) is 66.7 Å². The molecular formula is C14H29NO2. The highest BCUT2D eigenvalue weighted by molar-refractivity contribution is 5.73. The number of unbranched alkanes of at least 4 members (excludes halogenated alkanes) is 1. The number of rotatable bonds is 8. The highest BCUT2D eigenvalue weighted by Crippen LogP contribution is 2.21. The molecule has 0 heterocycles. The molecule has 0 spiro atoms. The van der Waals surface area contributed by atoms with Crippen LogP contribution in [0, 0.1) is 5.41 Å². The Kier molecular flexibility index (Phi) is 7.44. The van der Waals surface area contributed by atoms with Crippen molar-refractivity contribution < 1.29 is 9.90 Å². The summed E-state index contributed by atoms with van der Waals surface area (Å²) in [5.41, 5.74) is 0.318. The molecule has 0 aliphatic heterocycles. The van der Waals surface area contributed by atoms with Crippen molar-refractivity contribution in [2.75, 3.05) is 0 Å². The highest BCUT2D eigenvalue weighted by atomic mass is 16.4. The van der Waals surface area contributed by atoms with Crippen molar-refractivity contribution in [2.45, 2.75) is 78.8 Å². The fourth-order valence-electron chi connectivity index (χ4n) is 1.76. The summed E-state index contributed by atoms with van der Waals surface area (Å²) in [6.45, 7) is 10.8. The van der Waals surface area contributed by atoms with E-state index in [0.717, 1.165) is 32.1 Å². The van der Waals surface area contributed by atoms with Crippen LogP contribution in [0.2, 0.25) is 0 Å². The lowest BCUT2D eigenvalue weighted by Crippen LogP contribution is -2.42. The molecule has 3 nitrogen and oxygen atoms in total. The third-order valence-electron chi connectivity index (χ3n) is 2.96. The van der Waals surface area contributed by atoms with Gasteiger partial charge in [0.1, 0.15) is 6.04 Å². The highest BCUT2D eigenvalue weighted by Gasteiger charge is 2.20. The summed E-state index contributed by atoms with van der Waals surface area (Å²) < 4.78 is 0. The third-order valence-corrected chi connectivity index (χ3v) is 2.96. The summed E-state index contributed by atoms with van der Waals surface area (Å²) in [5, 5.41) is 12.3. The Morgan fingerprint density at radius 1 is 1.29 bits per heavy atom. The van der Waals surface area contributed by atoms with Crippen molar-refractivity contribution in [3.8, 4) is 0 Å². The normalized spacial score (nSPS) is 15.6. The molecule has 0 fully saturated rings. The Balaban J connectivity index is 4.03. The molecule has 2 unspecified atom stereocenters. The SMILES string of the molecule is CCCCC(NC(C)CCC(C)(C)C)C(=O)O. The smallest absolute Gasteiger partial charge is 0.320 e. The van der Waals surface area contributed by atoms with Crippen molar-refractivity contribution >= 4 is 5.97 Å². The first-order valence-corrected chi connectivity index (χ1v) is 6.75. The van der Waals surface area contributed by atoms with E-state index in [1.165, 1.54) is 0 Å². The van der Waals surface area contributed by atoms with Crippen molar-refractivity contribution in [3.05, 3.63) is 0 Å². The zero-order valence-corrected chi connectivity index (χ0v) is 12.0. The van der Waals surface area contributed by atoms with Gasteiger partial charge in [-0.05, 0) is 31.6 Å². The van der Waals surface area contributed by atoms with Gasteiger partial charge in [0.2, 0.25) is 0 Å². The summed E-state index contributed by atoms with van der Waals surface area (Å²) in [6.07, 6.45) is 4.88. The molecule has 0 saturated carbocycles. The first-order valence-electron chi connectivity index (χ1n) is 6.75. The number of hydrogen-bond acceptors (Lipinski definition) is 2. The molecule has 2 atom stereocenters. The molecule has 0 aromatic rings. The van der Waals surface area contributed by atoms with Gasteiger partial charge in [-0.25, -0.2) is 0 Å². The molecule has 0 aliphatic carbocycles. The van der Waals surface area contributed by atoms with Crippen LogP contribution in [0.25, 0.3) is 0 Å². The second-order valence-corrected chi connectivity index (χ2v) is 6.20. The average Bonchev–Trinajstić information content (AvgIpc) is 2.19. The van der Waals surface area contributed by atoms with Crippen LogP contribution in [0.4, 0.5) is 0 Å². The largest absolute Gasteiger partial charge is 0.480 e. The second kappa shape index (κ2) is 7.70. The lowest BCUT2D eigenvalue weighted by Gasteiger charge is -2.24. The predicted octanol–water partition coefficient (Wildman–Crippen LogP) is 3.43. The third kappa shape index (κ3) is 9.16. The predicted molar refractivity (Wildman–Crippen MR) is 72.2 cm³/mol. The van der Waals surface area contributed by atoms with E-state index < -0.39 is 5.97 Å². The van der Waals surface area contributed by atoms with Gasteiger partial charge in [0.05, 0.1) is 0 Å². The standard InChI is InChI=1S/C14H29NO2/c1-6-7-8-12(13(16)17)15-11(2)9-10-14(3,4)5/h11-12,15H,6-10H2,1-5H3,(H,16,17). The molecule has 17 heavy (non-hydrogen) atoms. The molecule has 3 heteroatoms. The summed E-state index contributed by atoms with van der Waals surface area (Å²) in [6, 6.07) is -0.114. The summed E-state index contributed by atoms with van der Waals surface area (Å²) in [5.74, 6) is -0.721. The molecule has 2 N–H and O–H groups in total. The van der Waals surface area contributed by atoms with Gasteiger partial charge >= 0.3 is 5.97 Å². The molecule has 0 aromatic carbocycles. The second-order valence-electron chi connectivity index (χ2n) is 6.20. The van der Waals surface area contributed by atoms with Crippen LogP contribution in [-0.2, 0) is 4.79 Å². The Morgan fingerprint density at radius 2 is 1.88 bits per heavy atom. The zero-order valence-electron chi connectivity index (χ0n) is 12.0. The number of aliphatic carboxylic acids is 1. The van der Waals surface area contributed by atoms with Crippen molar-refractivity contribution in [2.24, 2.45) is 5.41 Å². The van der Waals surface area contributed by atoms with Crippen molar-refractivity contribution in [1.82, 2.24) is 5.32 Å². The number of nitrogens with one attached hydrogen (secondary N) is 1. The number of carbonyl (C=O) groups is 1. The minimum atomic E-state index is -0.721. The van der Waals surface area contributed by atoms with Gasteiger partial charge in [-0.15, -0.1) is 0 Å². The van der Waals surface area contributed by atoms with Crippen LogP contribution >= 0.6 is 0 Å². The van der Waals surface area contributed by atoms with Crippen molar-refractivity contribution in [3.63, 3.8) is 0 Å². The molecular weight excluding hydrogens is 214 g/mol. The maximum atomic E-state index is 11.1.